The Morgan fingerprint density at radius 2 is 1.89 bits per heavy atom. The molecular weight excluding hydrogens is 467 g/mol. The highest BCUT2D eigenvalue weighted by Gasteiger charge is 2.05. The van der Waals surface area contributed by atoms with Crippen LogP contribution in [0.3, 0.4) is 0 Å². The summed E-state index contributed by atoms with van der Waals surface area (Å²) in [6.07, 6.45) is 6.56. The minimum atomic E-state index is 0. The Bertz CT molecular complexity index is 711. The molecule has 1 heterocycles. The van der Waals surface area contributed by atoms with E-state index in [1.165, 1.54) is 11.1 Å². The van der Waals surface area contributed by atoms with Crippen LogP contribution in [0.2, 0.25) is 0 Å². The second-order valence-corrected chi connectivity index (χ2v) is 6.06. The fourth-order valence-electron chi connectivity index (χ4n) is 2.74. The van der Waals surface area contributed by atoms with Crippen LogP contribution in [0.1, 0.15) is 24.5 Å². The molecule has 0 atom stereocenters. The molecule has 0 bridgehead atoms. The van der Waals surface area contributed by atoms with Crippen molar-refractivity contribution in [3.8, 4) is 11.5 Å². The highest BCUT2D eigenvalue weighted by Crippen LogP contribution is 2.28. The number of nitrogens with zero attached hydrogens (tertiary/aromatic N) is 2. The second-order valence-electron chi connectivity index (χ2n) is 6.06. The number of aliphatic imine (C=N–C) groups is 1. The fourth-order valence-corrected chi connectivity index (χ4v) is 2.74. The summed E-state index contributed by atoms with van der Waals surface area (Å²) in [7, 11) is 3.45. The van der Waals surface area contributed by atoms with Gasteiger partial charge in [-0.05, 0) is 55.5 Å². The number of nitrogens with one attached hydrogen (secondary N) is 2. The number of guanidine groups is 1. The molecule has 2 N–H and O–H groups in total. The number of methoxy groups -OCH3 is 1. The monoisotopic (exact) mass is 498 g/mol. The van der Waals surface area contributed by atoms with Gasteiger partial charge in [0.15, 0.2) is 17.5 Å². The van der Waals surface area contributed by atoms with E-state index < -0.39 is 0 Å². The van der Waals surface area contributed by atoms with Gasteiger partial charge in [-0.1, -0.05) is 12.1 Å². The summed E-state index contributed by atoms with van der Waals surface area (Å²) in [5.41, 5.74) is 2.45. The third kappa shape index (κ3) is 8.33. The summed E-state index contributed by atoms with van der Waals surface area (Å²) in [6, 6.07) is 10.1. The number of aromatic nitrogens is 1. The molecule has 154 valence electrons. The molecule has 2 aromatic rings. The maximum Gasteiger partial charge on any atom is 0.190 e. The van der Waals surface area contributed by atoms with Crippen molar-refractivity contribution < 1.29 is 9.47 Å². The van der Waals surface area contributed by atoms with E-state index in [1.54, 1.807) is 20.4 Å². The van der Waals surface area contributed by atoms with Gasteiger partial charge in [0, 0.05) is 32.5 Å². The van der Waals surface area contributed by atoms with E-state index in [0.29, 0.717) is 6.61 Å². The molecule has 0 saturated heterocycles. The standard InChI is InChI=1S/C21H30N4O2.HI/c1-4-27-20-15-17(9-10-19(20)26-3)7-6-13-24-21(22-2)25-14-11-18-8-5-12-23-16-18;/h5,8-10,12,15-16H,4,6-7,11,13-14H2,1-3H3,(H2,22,24,25);1H. The molecule has 0 fully saturated rings. The predicted molar refractivity (Wildman–Crippen MR) is 125 cm³/mol. The fraction of sp³-hybridized carbons (Fsp3) is 0.429. The molecule has 2 rings (SSSR count). The lowest BCUT2D eigenvalue weighted by molar-refractivity contribution is 0.310. The average Bonchev–Trinajstić information content (AvgIpc) is 2.71. The predicted octanol–water partition coefficient (Wildman–Crippen LogP) is 3.45. The lowest BCUT2D eigenvalue weighted by Crippen LogP contribution is -2.38. The Morgan fingerprint density at radius 3 is 2.57 bits per heavy atom. The van der Waals surface area contributed by atoms with Crippen molar-refractivity contribution in [3.05, 3.63) is 53.9 Å². The summed E-state index contributed by atoms with van der Waals surface area (Å²) in [4.78, 5) is 8.40. The van der Waals surface area contributed by atoms with Crippen molar-refractivity contribution in [2.24, 2.45) is 4.99 Å². The molecule has 0 spiro atoms. The van der Waals surface area contributed by atoms with Crippen molar-refractivity contribution in [3.63, 3.8) is 0 Å². The topological polar surface area (TPSA) is 67.8 Å². The molecular formula is C21H31IN4O2. The number of ether oxygens (including phenoxy) is 2. The van der Waals surface area contributed by atoms with Gasteiger partial charge in [-0.25, -0.2) is 0 Å². The van der Waals surface area contributed by atoms with Gasteiger partial charge < -0.3 is 20.1 Å². The van der Waals surface area contributed by atoms with Crippen LogP contribution in [0.4, 0.5) is 0 Å². The van der Waals surface area contributed by atoms with Crippen LogP contribution in [0.5, 0.6) is 11.5 Å². The highest BCUT2D eigenvalue weighted by atomic mass is 127. The van der Waals surface area contributed by atoms with Crippen molar-refractivity contribution in [1.82, 2.24) is 15.6 Å². The lowest BCUT2D eigenvalue weighted by atomic mass is 10.1. The molecule has 0 aliphatic heterocycles. The van der Waals surface area contributed by atoms with Crippen LogP contribution in [-0.2, 0) is 12.8 Å². The molecule has 0 radical (unpaired) electrons. The summed E-state index contributed by atoms with van der Waals surface area (Å²) >= 11 is 0. The Morgan fingerprint density at radius 1 is 1.07 bits per heavy atom. The Labute approximate surface area is 185 Å². The molecule has 0 aliphatic carbocycles. The first-order valence-electron chi connectivity index (χ1n) is 9.40. The van der Waals surface area contributed by atoms with E-state index in [4.69, 9.17) is 9.47 Å². The van der Waals surface area contributed by atoms with Gasteiger partial charge in [-0.15, -0.1) is 24.0 Å². The summed E-state index contributed by atoms with van der Waals surface area (Å²) < 4.78 is 11.0. The number of rotatable bonds is 10. The first-order chi connectivity index (χ1) is 13.3. The molecule has 0 aliphatic rings. The zero-order valence-electron chi connectivity index (χ0n) is 16.9. The van der Waals surface area contributed by atoms with E-state index in [2.05, 4.69) is 38.8 Å². The van der Waals surface area contributed by atoms with Crippen LogP contribution >= 0.6 is 24.0 Å². The Kier molecular flexibility index (Phi) is 12.0. The highest BCUT2D eigenvalue weighted by molar-refractivity contribution is 14.0. The van der Waals surface area contributed by atoms with E-state index >= 15 is 0 Å². The molecule has 7 heteroatoms. The van der Waals surface area contributed by atoms with Crippen molar-refractivity contribution >= 4 is 29.9 Å². The van der Waals surface area contributed by atoms with Crippen molar-refractivity contribution in [2.45, 2.75) is 26.2 Å². The summed E-state index contributed by atoms with van der Waals surface area (Å²) in [6.45, 7) is 4.27. The van der Waals surface area contributed by atoms with Gasteiger partial charge in [-0.2, -0.15) is 0 Å². The van der Waals surface area contributed by atoms with Gasteiger partial charge in [0.05, 0.1) is 13.7 Å². The molecule has 1 aromatic carbocycles. The SMILES string of the molecule is CCOc1cc(CCCNC(=NC)NCCc2cccnc2)ccc1OC.I. The molecule has 6 nitrogen and oxygen atoms in total. The summed E-state index contributed by atoms with van der Waals surface area (Å²) in [5.74, 6) is 2.40. The zero-order valence-corrected chi connectivity index (χ0v) is 19.2. The molecule has 28 heavy (non-hydrogen) atoms. The third-order valence-electron chi connectivity index (χ3n) is 4.12. The third-order valence-corrected chi connectivity index (χ3v) is 4.12. The van der Waals surface area contributed by atoms with Crippen molar-refractivity contribution in [2.75, 3.05) is 33.9 Å². The first-order valence-corrected chi connectivity index (χ1v) is 9.40. The molecule has 0 saturated carbocycles. The molecule has 0 unspecified atom stereocenters. The quantitative estimate of drug-likeness (QED) is 0.227. The van der Waals surface area contributed by atoms with Gasteiger partial charge >= 0.3 is 0 Å². The van der Waals surface area contributed by atoms with Gasteiger partial charge in [0.2, 0.25) is 0 Å². The zero-order chi connectivity index (χ0) is 19.3. The average molecular weight is 498 g/mol. The second kappa shape index (κ2) is 14.0. The number of halogens is 1. The van der Waals surface area contributed by atoms with Crippen LogP contribution in [0, 0.1) is 0 Å². The maximum absolute atomic E-state index is 5.64. The van der Waals surface area contributed by atoms with E-state index in [1.807, 2.05) is 25.3 Å². The largest absolute Gasteiger partial charge is 0.493 e. The van der Waals surface area contributed by atoms with Gasteiger partial charge in [0.25, 0.3) is 0 Å². The van der Waals surface area contributed by atoms with Crippen LogP contribution < -0.4 is 20.1 Å². The molecule has 1 aromatic heterocycles. The van der Waals surface area contributed by atoms with Gasteiger partial charge in [-0.3, -0.25) is 9.98 Å². The van der Waals surface area contributed by atoms with Crippen LogP contribution in [-0.4, -0.2) is 44.8 Å². The molecule has 0 amide bonds. The number of hydrogen-bond acceptors (Lipinski definition) is 4. The van der Waals surface area contributed by atoms with E-state index in [-0.39, 0.29) is 24.0 Å². The normalized spacial score (nSPS) is 10.8. The lowest BCUT2D eigenvalue weighted by Gasteiger charge is -2.13. The van der Waals surface area contributed by atoms with Crippen LogP contribution in [0.15, 0.2) is 47.7 Å². The maximum atomic E-state index is 5.64. The van der Waals surface area contributed by atoms with E-state index in [9.17, 15) is 0 Å². The smallest absolute Gasteiger partial charge is 0.190 e. The number of hydrogen-bond donors (Lipinski definition) is 2. The minimum absolute atomic E-state index is 0. The summed E-state index contributed by atoms with van der Waals surface area (Å²) in [5, 5.41) is 6.69. The van der Waals surface area contributed by atoms with Crippen molar-refractivity contribution in [1.29, 1.82) is 0 Å². The minimum Gasteiger partial charge on any atom is -0.493 e. The Balaban J connectivity index is 0.00000392. The van der Waals surface area contributed by atoms with E-state index in [0.717, 1.165) is 49.8 Å². The number of aryl methyl sites for hydroxylation is 1. The number of pyridine rings is 1. The first kappa shape index (κ1) is 24.0. The van der Waals surface area contributed by atoms with Crippen LogP contribution in [0.25, 0.3) is 0 Å². The Hall–Kier alpha value is -2.03. The number of benzene rings is 1. The van der Waals surface area contributed by atoms with Gasteiger partial charge in [0.1, 0.15) is 0 Å².